The Morgan fingerprint density at radius 2 is 2.23 bits per heavy atom. The van der Waals surface area contributed by atoms with E-state index in [9.17, 15) is 0 Å². The van der Waals surface area contributed by atoms with Gasteiger partial charge in [0.2, 0.25) is 0 Å². The van der Waals surface area contributed by atoms with E-state index < -0.39 is 0 Å². The summed E-state index contributed by atoms with van der Waals surface area (Å²) in [6, 6.07) is 0. The maximum Gasteiger partial charge on any atom is 0.0107 e. The first kappa shape index (κ1) is 9.47. The Hall–Kier alpha value is -0.0800. The maximum absolute atomic E-state index is 3.49. The summed E-state index contributed by atoms with van der Waals surface area (Å²) in [4.78, 5) is 2.64. The molecule has 0 radical (unpaired) electrons. The summed E-state index contributed by atoms with van der Waals surface area (Å²) in [5.41, 5.74) is 0. The number of hydrogen-bond acceptors (Lipinski definition) is 2. The van der Waals surface area contributed by atoms with Gasteiger partial charge in [0, 0.05) is 19.6 Å². The normalized spacial score (nSPS) is 31.6. The molecule has 1 aliphatic carbocycles. The molecule has 0 bridgehead atoms. The van der Waals surface area contributed by atoms with Gasteiger partial charge in [0.05, 0.1) is 0 Å². The topological polar surface area (TPSA) is 15.3 Å². The van der Waals surface area contributed by atoms with Gasteiger partial charge < -0.3 is 10.2 Å². The number of rotatable bonds is 3. The van der Waals surface area contributed by atoms with Gasteiger partial charge in [-0.25, -0.2) is 0 Å². The van der Waals surface area contributed by atoms with Crippen LogP contribution in [-0.4, -0.2) is 37.6 Å². The first-order chi connectivity index (χ1) is 6.34. The molecule has 0 aromatic heterocycles. The Labute approximate surface area is 81.7 Å². The Bertz CT molecular complexity index is 154. The van der Waals surface area contributed by atoms with Crippen LogP contribution in [0.2, 0.25) is 0 Å². The minimum atomic E-state index is 0.835. The molecule has 1 N–H and O–H groups in total. The van der Waals surface area contributed by atoms with Gasteiger partial charge in [-0.05, 0) is 31.3 Å². The molecule has 0 amide bonds. The van der Waals surface area contributed by atoms with Gasteiger partial charge in [-0.15, -0.1) is 0 Å². The highest BCUT2D eigenvalue weighted by molar-refractivity contribution is 4.77. The third-order valence-electron chi connectivity index (χ3n) is 3.22. The minimum absolute atomic E-state index is 0.835. The standard InChI is InChI=1S/C11H22N2/c1-10-8-12-5-7-13(9-10)6-4-11-2-3-11/h10-12H,2-9H2,1H3. The lowest BCUT2D eigenvalue weighted by molar-refractivity contribution is 0.257. The van der Waals surface area contributed by atoms with E-state index in [1.165, 1.54) is 52.0 Å². The molecule has 2 fully saturated rings. The highest BCUT2D eigenvalue weighted by Gasteiger charge is 2.22. The Morgan fingerprint density at radius 1 is 1.38 bits per heavy atom. The van der Waals surface area contributed by atoms with Crippen LogP contribution in [0.3, 0.4) is 0 Å². The largest absolute Gasteiger partial charge is 0.315 e. The van der Waals surface area contributed by atoms with Crippen LogP contribution in [0.5, 0.6) is 0 Å². The zero-order chi connectivity index (χ0) is 9.10. The van der Waals surface area contributed by atoms with Gasteiger partial charge in [0.25, 0.3) is 0 Å². The predicted molar refractivity (Wildman–Crippen MR) is 55.8 cm³/mol. The molecule has 0 aromatic carbocycles. The fraction of sp³-hybridized carbons (Fsp3) is 1.00. The van der Waals surface area contributed by atoms with Gasteiger partial charge in [-0.2, -0.15) is 0 Å². The predicted octanol–water partition coefficient (Wildman–Crippen LogP) is 1.33. The molecule has 1 heterocycles. The van der Waals surface area contributed by atoms with Crippen molar-refractivity contribution in [1.29, 1.82) is 0 Å². The zero-order valence-corrected chi connectivity index (χ0v) is 8.76. The number of nitrogens with zero attached hydrogens (tertiary/aromatic N) is 1. The fourth-order valence-electron chi connectivity index (χ4n) is 2.16. The smallest absolute Gasteiger partial charge is 0.0107 e. The van der Waals surface area contributed by atoms with Crippen LogP contribution < -0.4 is 5.32 Å². The van der Waals surface area contributed by atoms with E-state index in [4.69, 9.17) is 0 Å². The Balaban J connectivity index is 1.68. The molecule has 13 heavy (non-hydrogen) atoms. The summed E-state index contributed by atoms with van der Waals surface area (Å²) in [6.45, 7) is 8.66. The second-order valence-electron chi connectivity index (χ2n) is 4.84. The summed E-state index contributed by atoms with van der Waals surface area (Å²) in [5, 5.41) is 3.49. The highest BCUT2D eigenvalue weighted by atomic mass is 15.2. The lowest BCUT2D eigenvalue weighted by Gasteiger charge is -2.21. The molecule has 0 spiro atoms. The van der Waals surface area contributed by atoms with Crippen LogP contribution in [0.1, 0.15) is 26.2 Å². The molecule has 0 aromatic rings. The molecular weight excluding hydrogens is 160 g/mol. The van der Waals surface area contributed by atoms with Crippen molar-refractivity contribution in [2.24, 2.45) is 11.8 Å². The quantitative estimate of drug-likeness (QED) is 0.708. The molecule has 1 unspecified atom stereocenters. The van der Waals surface area contributed by atoms with Gasteiger partial charge in [-0.1, -0.05) is 19.8 Å². The first-order valence-corrected chi connectivity index (χ1v) is 5.77. The molecular formula is C11H22N2. The van der Waals surface area contributed by atoms with E-state index >= 15 is 0 Å². The number of nitrogens with one attached hydrogen (secondary N) is 1. The van der Waals surface area contributed by atoms with E-state index in [0.29, 0.717) is 0 Å². The molecule has 2 nitrogen and oxygen atoms in total. The van der Waals surface area contributed by atoms with Crippen molar-refractivity contribution in [2.45, 2.75) is 26.2 Å². The van der Waals surface area contributed by atoms with E-state index in [-0.39, 0.29) is 0 Å². The summed E-state index contributed by atoms with van der Waals surface area (Å²) < 4.78 is 0. The maximum atomic E-state index is 3.49. The zero-order valence-electron chi connectivity index (χ0n) is 8.76. The first-order valence-electron chi connectivity index (χ1n) is 5.77. The molecule has 1 aliphatic heterocycles. The summed E-state index contributed by atoms with van der Waals surface area (Å²) in [6.07, 6.45) is 4.45. The highest BCUT2D eigenvalue weighted by Crippen LogP contribution is 2.32. The van der Waals surface area contributed by atoms with Crippen LogP contribution in [0.4, 0.5) is 0 Å². The lowest BCUT2D eigenvalue weighted by Crippen LogP contribution is -2.30. The van der Waals surface area contributed by atoms with E-state index in [1.807, 2.05) is 0 Å². The van der Waals surface area contributed by atoms with Crippen LogP contribution in [0.15, 0.2) is 0 Å². The molecule has 1 saturated heterocycles. The molecule has 1 saturated carbocycles. The van der Waals surface area contributed by atoms with E-state index in [1.54, 1.807) is 0 Å². The SMILES string of the molecule is CC1CNCCN(CCC2CC2)C1. The van der Waals surface area contributed by atoms with Gasteiger partial charge in [0.1, 0.15) is 0 Å². The average molecular weight is 182 g/mol. The lowest BCUT2D eigenvalue weighted by atomic mass is 10.1. The van der Waals surface area contributed by atoms with Crippen molar-refractivity contribution < 1.29 is 0 Å². The molecule has 2 rings (SSSR count). The summed E-state index contributed by atoms with van der Waals surface area (Å²) in [7, 11) is 0. The molecule has 1 atom stereocenters. The van der Waals surface area contributed by atoms with E-state index in [2.05, 4.69) is 17.1 Å². The van der Waals surface area contributed by atoms with Crippen molar-refractivity contribution in [1.82, 2.24) is 10.2 Å². The van der Waals surface area contributed by atoms with Crippen molar-refractivity contribution in [3.63, 3.8) is 0 Å². The minimum Gasteiger partial charge on any atom is -0.315 e. The second kappa shape index (κ2) is 4.43. The monoisotopic (exact) mass is 182 g/mol. The number of hydrogen-bond donors (Lipinski definition) is 1. The second-order valence-corrected chi connectivity index (χ2v) is 4.84. The third kappa shape index (κ3) is 3.28. The molecule has 76 valence electrons. The summed E-state index contributed by atoms with van der Waals surface area (Å²) >= 11 is 0. The van der Waals surface area contributed by atoms with Crippen molar-refractivity contribution in [2.75, 3.05) is 32.7 Å². The van der Waals surface area contributed by atoms with Crippen LogP contribution >= 0.6 is 0 Å². The van der Waals surface area contributed by atoms with Crippen molar-refractivity contribution in [3.8, 4) is 0 Å². The van der Waals surface area contributed by atoms with Gasteiger partial charge >= 0.3 is 0 Å². The Morgan fingerprint density at radius 3 is 3.00 bits per heavy atom. The summed E-state index contributed by atoms with van der Waals surface area (Å²) in [5.74, 6) is 1.92. The van der Waals surface area contributed by atoms with Gasteiger partial charge in [0.15, 0.2) is 0 Å². The van der Waals surface area contributed by atoms with Crippen LogP contribution in [0, 0.1) is 11.8 Å². The van der Waals surface area contributed by atoms with Crippen molar-refractivity contribution >= 4 is 0 Å². The average Bonchev–Trinajstić information content (AvgIpc) is 2.88. The van der Waals surface area contributed by atoms with Crippen LogP contribution in [-0.2, 0) is 0 Å². The fourth-order valence-corrected chi connectivity index (χ4v) is 2.16. The molecule has 2 aliphatic rings. The molecule has 2 heteroatoms. The van der Waals surface area contributed by atoms with E-state index in [0.717, 1.165) is 11.8 Å². The van der Waals surface area contributed by atoms with Gasteiger partial charge in [-0.3, -0.25) is 0 Å². The Kier molecular flexibility index (Phi) is 3.23. The third-order valence-corrected chi connectivity index (χ3v) is 3.22. The van der Waals surface area contributed by atoms with Crippen LogP contribution in [0.25, 0.3) is 0 Å². The van der Waals surface area contributed by atoms with Crippen molar-refractivity contribution in [3.05, 3.63) is 0 Å².